The van der Waals surface area contributed by atoms with Gasteiger partial charge in [-0.25, -0.2) is 18.2 Å². The molecule has 0 unspecified atom stereocenters. The van der Waals surface area contributed by atoms with Gasteiger partial charge >= 0.3 is 0 Å². The van der Waals surface area contributed by atoms with E-state index in [2.05, 4.69) is 4.98 Å². The fourth-order valence-electron chi connectivity index (χ4n) is 1.99. The van der Waals surface area contributed by atoms with Crippen LogP contribution in [0.15, 0.2) is 12.1 Å². The molecular formula is C13H11F3N2S. The quantitative estimate of drug-likeness (QED) is 0.875. The molecule has 1 aromatic carbocycles. The molecule has 0 saturated heterocycles. The molecule has 1 fully saturated rings. The second kappa shape index (κ2) is 4.61. The monoisotopic (exact) mass is 284 g/mol. The maximum absolute atomic E-state index is 13.2. The van der Waals surface area contributed by atoms with Crippen LogP contribution in [0.2, 0.25) is 0 Å². The molecule has 0 amide bonds. The van der Waals surface area contributed by atoms with Gasteiger partial charge in [0, 0.05) is 22.9 Å². The predicted octanol–water partition coefficient (Wildman–Crippen LogP) is 3.56. The number of hydrogen-bond donors (Lipinski definition) is 1. The highest BCUT2D eigenvalue weighted by molar-refractivity contribution is 7.15. The summed E-state index contributed by atoms with van der Waals surface area (Å²) in [4.78, 5) is 5.34. The van der Waals surface area contributed by atoms with Crippen molar-refractivity contribution >= 4 is 11.3 Å². The Bertz CT molecular complexity index is 612. The largest absolute Gasteiger partial charge is 0.326 e. The van der Waals surface area contributed by atoms with E-state index in [0.29, 0.717) is 17.5 Å². The van der Waals surface area contributed by atoms with Crippen LogP contribution in [0.5, 0.6) is 0 Å². The molecule has 19 heavy (non-hydrogen) atoms. The highest BCUT2D eigenvalue weighted by Gasteiger charge is 2.29. The highest BCUT2D eigenvalue weighted by Crippen LogP contribution is 2.44. The lowest BCUT2D eigenvalue weighted by Crippen LogP contribution is -1.96. The fourth-order valence-corrected chi connectivity index (χ4v) is 3.00. The Balaban J connectivity index is 2.06. The molecule has 1 aromatic heterocycles. The average molecular weight is 284 g/mol. The maximum atomic E-state index is 13.2. The zero-order valence-electron chi connectivity index (χ0n) is 9.92. The van der Waals surface area contributed by atoms with Crippen molar-refractivity contribution in [1.82, 2.24) is 4.98 Å². The Morgan fingerprint density at radius 1 is 1.21 bits per heavy atom. The first-order valence-corrected chi connectivity index (χ1v) is 6.76. The predicted molar refractivity (Wildman–Crippen MR) is 67.3 cm³/mol. The molecule has 2 aromatic rings. The Morgan fingerprint density at radius 3 is 2.37 bits per heavy atom. The normalized spacial score (nSPS) is 14.9. The molecule has 2 N–H and O–H groups in total. The van der Waals surface area contributed by atoms with Crippen LogP contribution in [0.1, 0.15) is 29.3 Å². The molecule has 0 atom stereocenters. The van der Waals surface area contributed by atoms with Crippen molar-refractivity contribution in [2.45, 2.75) is 25.3 Å². The number of nitrogens with two attached hydrogens (primary N) is 1. The van der Waals surface area contributed by atoms with Crippen molar-refractivity contribution in [3.63, 3.8) is 0 Å². The number of rotatable bonds is 3. The van der Waals surface area contributed by atoms with E-state index in [1.165, 1.54) is 11.3 Å². The topological polar surface area (TPSA) is 38.9 Å². The Labute approximate surface area is 112 Å². The zero-order chi connectivity index (χ0) is 13.6. The number of hydrogen-bond acceptors (Lipinski definition) is 3. The number of halogens is 3. The molecule has 1 heterocycles. The molecule has 3 rings (SSSR count). The SMILES string of the molecule is NCc1sc(-c2cc(F)c(F)c(F)c2)nc1C1CC1. The third-order valence-corrected chi connectivity index (χ3v) is 4.25. The van der Waals surface area contributed by atoms with E-state index < -0.39 is 17.5 Å². The zero-order valence-corrected chi connectivity index (χ0v) is 10.7. The molecule has 0 aliphatic heterocycles. The summed E-state index contributed by atoms with van der Waals surface area (Å²) in [7, 11) is 0. The van der Waals surface area contributed by atoms with Crippen LogP contribution < -0.4 is 5.73 Å². The van der Waals surface area contributed by atoms with Gasteiger partial charge in [0.15, 0.2) is 17.5 Å². The van der Waals surface area contributed by atoms with Gasteiger partial charge in [-0.1, -0.05) is 0 Å². The smallest absolute Gasteiger partial charge is 0.194 e. The average Bonchev–Trinajstić information content (AvgIpc) is 3.14. The van der Waals surface area contributed by atoms with E-state index in [0.717, 1.165) is 35.5 Å². The van der Waals surface area contributed by atoms with E-state index in [1.807, 2.05) is 0 Å². The third kappa shape index (κ3) is 2.26. The van der Waals surface area contributed by atoms with Gasteiger partial charge < -0.3 is 5.73 Å². The van der Waals surface area contributed by atoms with Gasteiger partial charge in [-0.15, -0.1) is 11.3 Å². The van der Waals surface area contributed by atoms with Gasteiger partial charge in [-0.3, -0.25) is 0 Å². The van der Waals surface area contributed by atoms with Crippen LogP contribution >= 0.6 is 11.3 Å². The second-order valence-electron chi connectivity index (χ2n) is 4.56. The van der Waals surface area contributed by atoms with Crippen molar-refractivity contribution in [2.24, 2.45) is 5.73 Å². The molecule has 1 aliphatic carbocycles. The van der Waals surface area contributed by atoms with Gasteiger partial charge in [-0.2, -0.15) is 0 Å². The Morgan fingerprint density at radius 2 is 1.84 bits per heavy atom. The van der Waals surface area contributed by atoms with E-state index in [9.17, 15) is 13.2 Å². The lowest BCUT2D eigenvalue weighted by atomic mass is 10.2. The molecule has 0 radical (unpaired) electrons. The summed E-state index contributed by atoms with van der Waals surface area (Å²) in [6, 6.07) is 1.93. The third-order valence-electron chi connectivity index (χ3n) is 3.11. The molecule has 0 spiro atoms. The summed E-state index contributed by atoms with van der Waals surface area (Å²) in [5.74, 6) is -3.44. The van der Waals surface area contributed by atoms with Crippen LogP contribution in [0.25, 0.3) is 10.6 Å². The van der Waals surface area contributed by atoms with Gasteiger partial charge in [0.25, 0.3) is 0 Å². The summed E-state index contributed by atoms with van der Waals surface area (Å²) in [6.07, 6.45) is 2.14. The Kier molecular flexibility index (Phi) is 3.06. The highest BCUT2D eigenvalue weighted by atomic mass is 32.1. The second-order valence-corrected chi connectivity index (χ2v) is 5.64. The standard InChI is InChI=1S/C13H11F3N2S/c14-8-3-7(4-9(15)11(8)16)13-18-12(6-1-2-6)10(5-17)19-13/h3-4,6H,1-2,5,17H2. The van der Waals surface area contributed by atoms with Gasteiger partial charge in [0.05, 0.1) is 5.69 Å². The van der Waals surface area contributed by atoms with Crippen LogP contribution in [0.4, 0.5) is 13.2 Å². The van der Waals surface area contributed by atoms with Crippen molar-refractivity contribution in [3.8, 4) is 10.6 Å². The van der Waals surface area contributed by atoms with Crippen LogP contribution in [0.3, 0.4) is 0 Å². The summed E-state index contributed by atoms with van der Waals surface area (Å²) in [5, 5.41) is 0.486. The van der Waals surface area contributed by atoms with E-state index >= 15 is 0 Å². The molecule has 100 valence electrons. The summed E-state index contributed by atoms with van der Waals surface area (Å²) in [5.41, 5.74) is 6.83. The number of thiazole rings is 1. The molecule has 1 aliphatic rings. The van der Waals surface area contributed by atoms with Crippen molar-refractivity contribution in [1.29, 1.82) is 0 Å². The minimum absolute atomic E-state index is 0.253. The van der Waals surface area contributed by atoms with Gasteiger partial charge in [0.1, 0.15) is 5.01 Å². The fraction of sp³-hybridized carbons (Fsp3) is 0.308. The first-order valence-electron chi connectivity index (χ1n) is 5.94. The van der Waals surface area contributed by atoms with Gasteiger partial charge in [-0.05, 0) is 25.0 Å². The molecule has 6 heteroatoms. The van der Waals surface area contributed by atoms with Crippen LogP contribution in [-0.2, 0) is 6.54 Å². The van der Waals surface area contributed by atoms with E-state index in [1.54, 1.807) is 0 Å². The summed E-state index contributed by atoms with van der Waals surface area (Å²) >= 11 is 1.31. The molecular weight excluding hydrogens is 273 g/mol. The van der Waals surface area contributed by atoms with E-state index in [4.69, 9.17) is 5.73 Å². The van der Waals surface area contributed by atoms with E-state index in [-0.39, 0.29) is 5.56 Å². The minimum Gasteiger partial charge on any atom is -0.326 e. The molecule has 1 saturated carbocycles. The minimum atomic E-state index is -1.46. The number of benzene rings is 1. The summed E-state index contributed by atoms with van der Waals surface area (Å²) in [6.45, 7) is 0.357. The maximum Gasteiger partial charge on any atom is 0.194 e. The lowest BCUT2D eigenvalue weighted by Gasteiger charge is -1.99. The van der Waals surface area contributed by atoms with Gasteiger partial charge in [0.2, 0.25) is 0 Å². The lowest BCUT2D eigenvalue weighted by molar-refractivity contribution is 0.447. The molecule has 2 nitrogen and oxygen atoms in total. The number of aromatic nitrogens is 1. The van der Waals surface area contributed by atoms with Crippen LogP contribution in [0, 0.1) is 17.5 Å². The first kappa shape index (κ1) is 12.6. The molecule has 0 bridgehead atoms. The van der Waals surface area contributed by atoms with Crippen molar-refractivity contribution in [3.05, 3.63) is 40.2 Å². The number of nitrogens with zero attached hydrogens (tertiary/aromatic N) is 1. The van der Waals surface area contributed by atoms with Crippen molar-refractivity contribution < 1.29 is 13.2 Å². The van der Waals surface area contributed by atoms with Crippen molar-refractivity contribution in [2.75, 3.05) is 0 Å². The first-order chi connectivity index (χ1) is 9.10. The Hall–Kier alpha value is -1.40. The van der Waals surface area contributed by atoms with Crippen LogP contribution in [-0.4, -0.2) is 4.98 Å². The summed E-state index contributed by atoms with van der Waals surface area (Å²) < 4.78 is 39.4.